The Morgan fingerprint density at radius 1 is 0.344 bits per heavy atom. The van der Waals surface area contributed by atoms with Gasteiger partial charge in [-0.3, -0.25) is 0 Å². The Balaban J connectivity index is 1.01. The van der Waals surface area contributed by atoms with Gasteiger partial charge in [-0.15, -0.1) is 0 Å². The third kappa shape index (κ3) is 6.12. The van der Waals surface area contributed by atoms with E-state index in [2.05, 4.69) is 254 Å². The molecule has 3 nitrogen and oxygen atoms in total. The van der Waals surface area contributed by atoms with Crippen molar-refractivity contribution in [3.05, 3.63) is 242 Å². The average molecular weight is 821 g/mol. The smallest absolute Gasteiger partial charge is 0.159 e. The van der Waals surface area contributed by atoms with E-state index in [9.17, 15) is 0 Å². The van der Waals surface area contributed by atoms with Gasteiger partial charge in [0.1, 0.15) is 5.75 Å². The number of para-hydroxylation sites is 3. The van der Waals surface area contributed by atoms with Crippen LogP contribution in [0.25, 0.3) is 55.3 Å². The first kappa shape index (κ1) is 37.6. The highest BCUT2D eigenvalue weighted by Crippen LogP contribution is 2.56. The standard InChI is InChI=1S/C61H44N2O/c1-61(2)54-26-13-12-22-49(54)53-40-48(36-37-55(53)61)63(47-34-32-44(33-35-47)43-30-28-42(29-31-43)41-16-6-3-7-17-41)56-38-39-58-59-50(23-14-25-52(56)59)51-24-15-27-57(60(51)64-58)62(45-18-8-4-9-19-45)46-20-10-5-11-21-46/h3-40H,1-2H3. The molecule has 0 saturated carbocycles. The molecule has 10 aromatic carbocycles. The number of hydrogen-bond donors (Lipinski definition) is 0. The molecule has 10 aromatic rings. The Morgan fingerprint density at radius 2 is 0.844 bits per heavy atom. The Kier molecular flexibility index (Phi) is 8.84. The molecule has 1 heterocycles. The van der Waals surface area contributed by atoms with Crippen LogP contribution >= 0.6 is 0 Å². The van der Waals surface area contributed by atoms with Crippen molar-refractivity contribution in [1.29, 1.82) is 0 Å². The van der Waals surface area contributed by atoms with E-state index >= 15 is 0 Å². The number of hydrogen-bond acceptors (Lipinski definition) is 3. The summed E-state index contributed by atoms with van der Waals surface area (Å²) in [5.41, 5.74) is 18.6. The lowest BCUT2D eigenvalue weighted by Gasteiger charge is -2.32. The quantitative estimate of drug-likeness (QED) is 0.152. The van der Waals surface area contributed by atoms with Crippen LogP contribution in [0.2, 0.25) is 0 Å². The molecule has 0 saturated heterocycles. The van der Waals surface area contributed by atoms with Crippen molar-refractivity contribution in [2.45, 2.75) is 19.3 Å². The van der Waals surface area contributed by atoms with Gasteiger partial charge in [0.15, 0.2) is 5.75 Å². The number of nitrogens with zero attached hydrogens (tertiary/aromatic N) is 2. The van der Waals surface area contributed by atoms with E-state index in [0.717, 1.165) is 67.5 Å². The average Bonchev–Trinajstić information content (AvgIpc) is 3.59. The van der Waals surface area contributed by atoms with Crippen LogP contribution in [-0.4, -0.2) is 0 Å². The first-order valence-electron chi connectivity index (χ1n) is 22.1. The fourth-order valence-corrected chi connectivity index (χ4v) is 10.1. The number of rotatable bonds is 8. The summed E-state index contributed by atoms with van der Waals surface area (Å²) in [6, 6.07) is 83.1. The van der Waals surface area contributed by atoms with Crippen LogP contribution in [0.1, 0.15) is 25.0 Å². The van der Waals surface area contributed by atoms with Crippen molar-refractivity contribution in [3.63, 3.8) is 0 Å². The summed E-state index contributed by atoms with van der Waals surface area (Å²) in [6.07, 6.45) is 0. The minimum absolute atomic E-state index is 0.0899. The fourth-order valence-electron chi connectivity index (χ4n) is 10.1. The molecule has 0 aromatic heterocycles. The topological polar surface area (TPSA) is 15.7 Å². The zero-order valence-electron chi connectivity index (χ0n) is 35.7. The third-order valence-electron chi connectivity index (χ3n) is 13.3. The molecule has 0 amide bonds. The van der Waals surface area contributed by atoms with Crippen molar-refractivity contribution in [3.8, 4) is 56.0 Å². The Bertz CT molecular complexity index is 3320. The lowest BCUT2D eigenvalue weighted by molar-refractivity contribution is 0.488. The predicted molar refractivity (Wildman–Crippen MR) is 267 cm³/mol. The van der Waals surface area contributed by atoms with Crippen molar-refractivity contribution < 1.29 is 4.74 Å². The SMILES string of the molecule is CC1(C)c2ccccc2-c2cc(N(c3ccc(-c4ccc(-c5ccccc5)cc4)cc3)c3ccc4c5c(cccc35)-c3cccc(N(c5ccccc5)c5ccccc5)c3O4)ccc21. The van der Waals surface area contributed by atoms with Crippen LogP contribution in [0.5, 0.6) is 11.5 Å². The molecule has 0 atom stereocenters. The van der Waals surface area contributed by atoms with E-state index < -0.39 is 0 Å². The zero-order chi connectivity index (χ0) is 42.8. The highest BCUT2D eigenvalue weighted by molar-refractivity contribution is 6.12. The van der Waals surface area contributed by atoms with Gasteiger partial charge in [0.05, 0.1) is 11.4 Å². The molecule has 0 bridgehead atoms. The second kappa shape index (κ2) is 15.0. The van der Waals surface area contributed by atoms with E-state index in [0.29, 0.717) is 0 Å². The molecule has 12 rings (SSSR count). The molecule has 64 heavy (non-hydrogen) atoms. The number of ether oxygens (including phenoxy) is 1. The van der Waals surface area contributed by atoms with Crippen LogP contribution in [0, 0.1) is 0 Å². The first-order valence-corrected chi connectivity index (χ1v) is 22.1. The van der Waals surface area contributed by atoms with Crippen molar-refractivity contribution in [2.24, 2.45) is 0 Å². The van der Waals surface area contributed by atoms with Crippen LogP contribution in [-0.2, 0) is 5.41 Å². The summed E-state index contributed by atoms with van der Waals surface area (Å²) in [5.74, 6) is 1.68. The Hall–Kier alpha value is -8.14. The van der Waals surface area contributed by atoms with E-state index in [1.54, 1.807) is 0 Å². The van der Waals surface area contributed by atoms with Gasteiger partial charge in [-0.25, -0.2) is 0 Å². The lowest BCUT2D eigenvalue weighted by Crippen LogP contribution is -2.15. The van der Waals surface area contributed by atoms with Gasteiger partial charge in [-0.1, -0.05) is 178 Å². The molecular weight excluding hydrogens is 777 g/mol. The highest BCUT2D eigenvalue weighted by atomic mass is 16.5. The minimum Gasteiger partial charge on any atom is -0.454 e. The molecule has 1 aliphatic heterocycles. The summed E-state index contributed by atoms with van der Waals surface area (Å²) in [5, 5.41) is 2.22. The zero-order valence-corrected chi connectivity index (χ0v) is 35.7. The normalized spacial score (nSPS) is 12.8. The molecular formula is C61H44N2O. The second-order valence-electron chi connectivity index (χ2n) is 17.3. The molecule has 0 fully saturated rings. The first-order chi connectivity index (χ1) is 31.5. The van der Waals surface area contributed by atoms with Gasteiger partial charge in [0.2, 0.25) is 0 Å². The number of anilines is 6. The summed E-state index contributed by atoms with van der Waals surface area (Å²) < 4.78 is 7.11. The van der Waals surface area contributed by atoms with Crippen LogP contribution < -0.4 is 14.5 Å². The maximum atomic E-state index is 7.11. The summed E-state index contributed by atoms with van der Waals surface area (Å²) >= 11 is 0. The van der Waals surface area contributed by atoms with E-state index in [-0.39, 0.29) is 5.41 Å². The number of benzene rings is 10. The van der Waals surface area contributed by atoms with E-state index in [1.807, 2.05) is 0 Å². The van der Waals surface area contributed by atoms with E-state index in [1.165, 1.54) is 44.5 Å². The maximum absolute atomic E-state index is 7.11. The minimum atomic E-state index is -0.0899. The molecule has 2 aliphatic rings. The van der Waals surface area contributed by atoms with Gasteiger partial charge in [-0.05, 0) is 117 Å². The predicted octanol–water partition coefficient (Wildman–Crippen LogP) is 17.2. The fraction of sp³-hybridized carbons (Fsp3) is 0.0492. The lowest BCUT2D eigenvalue weighted by atomic mass is 9.82. The highest BCUT2D eigenvalue weighted by Gasteiger charge is 2.36. The molecule has 0 unspecified atom stereocenters. The largest absolute Gasteiger partial charge is 0.454 e. The summed E-state index contributed by atoms with van der Waals surface area (Å²) in [4.78, 5) is 4.71. The van der Waals surface area contributed by atoms with Crippen molar-refractivity contribution >= 4 is 44.9 Å². The van der Waals surface area contributed by atoms with Gasteiger partial charge in [0, 0.05) is 44.5 Å². The molecule has 0 radical (unpaired) electrons. The van der Waals surface area contributed by atoms with E-state index in [4.69, 9.17) is 4.74 Å². The summed E-state index contributed by atoms with van der Waals surface area (Å²) in [7, 11) is 0. The molecule has 3 heteroatoms. The number of fused-ring (bicyclic) bond motifs is 5. The molecule has 0 N–H and O–H groups in total. The molecule has 304 valence electrons. The maximum Gasteiger partial charge on any atom is 0.159 e. The van der Waals surface area contributed by atoms with Gasteiger partial charge in [0.25, 0.3) is 0 Å². The van der Waals surface area contributed by atoms with Crippen molar-refractivity contribution in [2.75, 3.05) is 9.80 Å². The van der Waals surface area contributed by atoms with Gasteiger partial charge < -0.3 is 14.5 Å². The van der Waals surface area contributed by atoms with Crippen LogP contribution in [0.4, 0.5) is 34.1 Å². The van der Waals surface area contributed by atoms with Crippen LogP contribution in [0.3, 0.4) is 0 Å². The summed E-state index contributed by atoms with van der Waals surface area (Å²) in [6.45, 7) is 4.68. The van der Waals surface area contributed by atoms with Gasteiger partial charge in [-0.2, -0.15) is 0 Å². The second-order valence-corrected chi connectivity index (χ2v) is 17.3. The van der Waals surface area contributed by atoms with Gasteiger partial charge >= 0.3 is 0 Å². The molecule has 0 spiro atoms. The van der Waals surface area contributed by atoms with Crippen molar-refractivity contribution in [1.82, 2.24) is 0 Å². The van der Waals surface area contributed by atoms with Crippen LogP contribution in [0.15, 0.2) is 231 Å². The Morgan fingerprint density at radius 3 is 1.53 bits per heavy atom. The monoisotopic (exact) mass is 820 g/mol. The third-order valence-corrected chi connectivity index (χ3v) is 13.3. The molecule has 1 aliphatic carbocycles. The Labute approximate surface area is 374 Å².